The molecule has 2 amide bonds. The Morgan fingerprint density at radius 2 is 1.96 bits per heavy atom. The van der Waals surface area contributed by atoms with Crippen LogP contribution in [0, 0.1) is 6.92 Å². The normalized spacial score (nSPS) is 10.3. The minimum absolute atomic E-state index is 0.0954. The van der Waals surface area contributed by atoms with Gasteiger partial charge in [0.15, 0.2) is 6.61 Å². The van der Waals surface area contributed by atoms with Gasteiger partial charge in [-0.1, -0.05) is 0 Å². The predicted octanol–water partition coefficient (Wildman–Crippen LogP) is 0.733. The topological polar surface area (TPSA) is 97.6 Å². The summed E-state index contributed by atoms with van der Waals surface area (Å²) in [5, 5.41) is 5.82. The molecule has 2 N–H and O–H groups in total. The summed E-state index contributed by atoms with van der Waals surface area (Å²) in [6.45, 7) is 3.78. The maximum absolute atomic E-state index is 11.6. The number of likely N-dealkylation sites (N-methyl/N-ethyl adjacent to an activating group) is 1. The molecule has 0 aliphatic rings. The molecular weight excluding hydrogens is 300 g/mol. The van der Waals surface area contributed by atoms with Crippen molar-refractivity contribution >= 4 is 22.8 Å². The first kappa shape index (κ1) is 16.5. The number of carbonyl (C=O) groups is 2. The number of amides is 2. The fraction of sp³-hybridized carbons (Fsp3) is 0.312. The summed E-state index contributed by atoms with van der Waals surface area (Å²) in [4.78, 5) is 34.2. The molecule has 2 rings (SSSR count). The maximum atomic E-state index is 11.6. The first-order valence-corrected chi connectivity index (χ1v) is 7.20. The van der Waals surface area contributed by atoms with Crippen LogP contribution in [0.25, 0.3) is 11.0 Å². The molecule has 2 aromatic rings. The zero-order chi connectivity index (χ0) is 16.8. The smallest absolute Gasteiger partial charge is 0.336 e. The molecule has 0 saturated heterocycles. The Morgan fingerprint density at radius 1 is 1.17 bits per heavy atom. The van der Waals surface area contributed by atoms with Crippen molar-refractivity contribution in [2.24, 2.45) is 0 Å². The van der Waals surface area contributed by atoms with Gasteiger partial charge < -0.3 is 19.8 Å². The second-order valence-corrected chi connectivity index (χ2v) is 4.93. The maximum Gasteiger partial charge on any atom is 0.336 e. The minimum atomic E-state index is -0.438. The average Bonchev–Trinajstić information content (AvgIpc) is 2.50. The van der Waals surface area contributed by atoms with Crippen molar-refractivity contribution in [3.63, 3.8) is 0 Å². The van der Waals surface area contributed by atoms with Gasteiger partial charge in [0.2, 0.25) is 5.91 Å². The molecule has 7 nitrogen and oxygen atoms in total. The fourth-order valence-electron chi connectivity index (χ4n) is 2.03. The number of rotatable bonds is 6. The van der Waals surface area contributed by atoms with Crippen molar-refractivity contribution in [2.45, 2.75) is 13.8 Å². The van der Waals surface area contributed by atoms with Gasteiger partial charge >= 0.3 is 5.63 Å². The van der Waals surface area contributed by atoms with E-state index in [4.69, 9.17) is 9.15 Å². The van der Waals surface area contributed by atoms with Gasteiger partial charge in [-0.05, 0) is 31.5 Å². The molecular formula is C16H18N2O5. The highest BCUT2D eigenvalue weighted by molar-refractivity contribution is 5.85. The van der Waals surface area contributed by atoms with Crippen LogP contribution in [0.4, 0.5) is 0 Å². The second-order valence-electron chi connectivity index (χ2n) is 4.93. The van der Waals surface area contributed by atoms with Crippen molar-refractivity contribution in [3.8, 4) is 5.75 Å². The molecule has 1 heterocycles. The van der Waals surface area contributed by atoms with E-state index in [0.717, 1.165) is 10.9 Å². The standard InChI is InChI=1S/C16H18N2O5/c1-3-17-14(19)8-18-15(20)9-22-11-4-5-12-10(2)6-16(21)23-13(12)7-11/h4-7H,3,8-9H2,1-2H3,(H,17,19)(H,18,20). The van der Waals surface area contributed by atoms with Crippen molar-refractivity contribution in [1.29, 1.82) is 0 Å². The summed E-state index contributed by atoms with van der Waals surface area (Å²) < 4.78 is 10.4. The summed E-state index contributed by atoms with van der Waals surface area (Å²) in [5.41, 5.74) is 0.768. The highest BCUT2D eigenvalue weighted by Crippen LogP contribution is 2.22. The Kier molecular flexibility index (Phi) is 5.35. The van der Waals surface area contributed by atoms with E-state index >= 15 is 0 Å². The van der Waals surface area contributed by atoms with Gasteiger partial charge in [-0.15, -0.1) is 0 Å². The third-order valence-corrected chi connectivity index (χ3v) is 3.11. The van der Waals surface area contributed by atoms with Crippen LogP contribution in [-0.4, -0.2) is 31.5 Å². The van der Waals surface area contributed by atoms with Gasteiger partial charge in [-0.25, -0.2) is 4.79 Å². The van der Waals surface area contributed by atoms with Crippen molar-refractivity contribution in [2.75, 3.05) is 19.7 Å². The van der Waals surface area contributed by atoms with Crippen LogP contribution in [0.2, 0.25) is 0 Å². The molecule has 1 aromatic heterocycles. The van der Waals surface area contributed by atoms with Crippen LogP contribution in [0.3, 0.4) is 0 Å². The molecule has 0 unspecified atom stereocenters. The molecule has 7 heteroatoms. The lowest BCUT2D eigenvalue weighted by Crippen LogP contribution is -2.38. The van der Waals surface area contributed by atoms with Gasteiger partial charge in [0.25, 0.3) is 5.91 Å². The van der Waals surface area contributed by atoms with E-state index in [1.54, 1.807) is 25.1 Å². The highest BCUT2D eigenvalue weighted by Gasteiger charge is 2.07. The molecule has 0 bridgehead atoms. The van der Waals surface area contributed by atoms with E-state index in [1.807, 2.05) is 6.92 Å². The molecule has 23 heavy (non-hydrogen) atoms. The zero-order valence-corrected chi connectivity index (χ0v) is 13.0. The number of carbonyl (C=O) groups excluding carboxylic acids is 2. The lowest BCUT2D eigenvalue weighted by Gasteiger charge is -2.08. The first-order valence-electron chi connectivity index (χ1n) is 7.20. The molecule has 0 saturated carbocycles. The molecule has 122 valence electrons. The molecule has 0 atom stereocenters. The minimum Gasteiger partial charge on any atom is -0.484 e. The summed E-state index contributed by atoms with van der Waals surface area (Å²) in [5.74, 6) is -0.273. The Labute approximate surface area is 132 Å². The Morgan fingerprint density at radius 3 is 2.70 bits per heavy atom. The van der Waals surface area contributed by atoms with E-state index in [1.165, 1.54) is 6.07 Å². The monoisotopic (exact) mass is 318 g/mol. The summed E-state index contributed by atoms with van der Waals surface area (Å²) in [6, 6.07) is 6.42. The van der Waals surface area contributed by atoms with Crippen molar-refractivity contribution in [3.05, 3.63) is 40.2 Å². The van der Waals surface area contributed by atoms with Crippen LogP contribution in [-0.2, 0) is 9.59 Å². The number of aryl methyl sites for hydroxylation is 1. The van der Waals surface area contributed by atoms with Crippen LogP contribution in [0.1, 0.15) is 12.5 Å². The van der Waals surface area contributed by atoms with Crippen LogP contribution < -0.4 is 21.0 Å². The van der Waals surface area contributed by atoms with Crippen LogP contribution >= 0.6 is 0 Å². The van der Waals surface area contributed by atoms with E-state index < -0.39 is 11.5 Å². The van der Waals surface area contributed by atoms with E-state index in [9.17, 15) is 14.4 Å². The fourth-order valence-corrected chi connectivity index (χ4v) is 2.03. The average molecular weight is 318 g/mol. The SMILES string of the molecule is CCNC(=O)CNC(=O)COc1ccc2c(C)cc(=O)oc2c1. The largest absolute Gasteiger partial charge is 0.484 e. The molecule has 0 aliphatic carbocycles. The van der Waals surface area contributed by atoms with E-state index in [2.05, 4.69) is 10.6 Å². The number of ether oxygens (including phenoxy) is 1. The third kappa shape index (κ3) is 4.57. The lowest BCUT2D eigenvalue weighted by molar-refractivity contribution is -0.127. The molecule has 0 radical (unpaired) electrons. The molecule has 0 spiro atoms. The van der Waals surface area contributed by atoms with Gasteiger partial charge in [0.1, 0.15) is 11.3 Å². The van der Waals surface area contributed by atoms with Gasteiger partial charge in [-0.3, -0.25) is 9.59 Å². The Balaban J connectivity index is 1.95. The zero-order valence-electron chi connectivity index (χ0n) is 13.0. The Bertz CT molecular complexity index is 782. The Hall–Kier alpha value is -2.83. The van der Waals surface area contributed by atoms with Crippen molar-refractivity contribution < 1.29 is 18.7 Å². The molecule has 1 aromatic carbocycles. The van der Waals surface area contributed by atoms with E-state index in [-0.39, 0.29) is 19.1 Å². The predicted molar refractivity (Wildman–Crippen MR) is 84.4 cm³/mol. The van der Waals surface area contributed by atoms with E-state index in [0.29, 0.717) is 17.9 Å². The molecule has 0 fully saturated rings. The van der Waals surface area contributed by atoms with Crippen LogP contribution in [0.5, 0.6) is 5.75 Å². The second kappa shape index (κ2) is 7.44. The number of benzene rings is 1. The number of fused-ring (bicyclic) bond motifs is 1. The third-order valence-electron chi connectivity index (χ3n) is 3.11. The first-order chi connectivity index (χ1) is 11.0. The lowest BCUT2D eigenvalue weighted by atomic mass is 10.1. The number of nitrogens with one attached hydrogen (secondary N) is 2. The summed E-state index contributed by atoms with van der Waals surface area (Å²) in [7, 11) is 0. The highest BCUT2D eigenvalue weighted by atomic mass is 16.5. The number of hydrogen-bond acceptors (Lipinski definition) is 5. The van der Waals surface area contributed by atoms with Gasteiger partial charge in [-0.2, -0.15) is 0 Å². The summed E-state index contributed by atoms with van der Waals surface area (Å²) >= 11 is 0. The molecule has 0 aliphatic heterocycles. The van der Waals surface area contributed by atoms with Gasteiger partial charge in [0.05, 0.1) is 6.54 Å². The number of hydrogen-bond donors (Lipinski definition) is 2. The summed E-state index contributed by atoms with van der Waals surface area (Å²) in [6.07, 6.45) is 0. The van der Waals surface area contributed by atoms with Gasteiger partial charge in [0, 0.05) is 24.1 Å². The van der Waals surface area contributed by atoms with Crippen LogP contribution in [0.15, 0.2) is 33.5 Å². The quantitative estimate of drug-likeness (QED) is 0.765. The van der Waals surface area contributed by atoms with Crippen molar-refractivity contribution in [1.82, 2.24) is 10.6 Å².